The molecule has 4 N–H and O–H groups in total. The molecule has 0 aliphatic rings. The number of aryl methyl sites for hydroxylation is 1. The number of rotatable bonds is 5. The predicted molar refractivity (Wildman–Crippen MR) is 78.8 cm³/mol. The summed E-state index contributed by atoms with van der Waals surface area (Å²) in [6, 6.07) is 2.77. The number of hydrogen-bond donors (Lipinski definition) is 3. The van der Waals surface area contributed by atoms with Crippen molar-refractivity contribution in [3.63, 3.8) is 0 Å². The summed E-state index contributed by atoms with van der Waals surface area (Å²) >= 11 is 5.78. The maximum absolute atomic E-state index is 12.5. The number of halogens is 4. The number of nitrogen functional groups attached to an aromatic ring is 1. The van der Waals surface area contributed by atoms with E-state index >= 15 is 0 Å². The van der Waals surface area contributed by atoms with Gasteiger partial charge in [-0.05, 0) is 18.9 Å². The molecule has 0 fully saturated rings. The SMILES string of the molecule is N#Cc1c(N)n[nH]c1CCCNc1ncc(C(F)(F)F)cc1Cl. The van der Waals surface area contributed by atoms with E-state index in [-0.39, 0.29) is 16.7 Å². The number of hydrogen-bond acceptors (Lipinski definition) is 5. The molecule has 2 heterocycles. The van der Waals surface area contributed by atoms with Crippen molar-refractivity contribution in [2.75, 3.05) is 17.6 Å². The van der Waals surface area contributed by atoms with Gasteiger partial charge in [-0.25, -0.2) is 4.98 Å². The lowest BCUT2D eigenvalue weighted by molar-refractivity contribution is -0.137. The van der Waals surface area contributed by atoms with Crippen molar-refractivity contribution in [1.29, 1.82) is 5.26 Å². The first-order valence-electron chi connectivity index (χ1n) is 6.52. The van der Waals surface area contributed by atoms with E-state index in [4.69, 9.17) is 22.6 Å². The molecule has 0 bridgehead atoms. The number of anilines is 2. The van der Waals surface area contributed by atoms with E-state index in [9.17, 15) is 13.2 Å². The second-order valence-corrected chi connectivity index (χ2v) is 5.06. The number of alkyl halides is 3. The van der Waals surface area contributed by atoms with Crippen LogP contribution in [0.5, 0.6) is 0 Å². The average molecular weight is 345 g/mol. The van der Waals surface area contributed by atoms with Gasteiger partial charge in [-0.3, -0.25) is 5.10 Å². The van der Waals surface area contributed by atoms with Crippen LogP contribution >= 0.6 is 11.6 Å². The minimum atomic E-state index is -4.48. The number of nitriles is 1. The minimum absolute atomic E-state index is 0.108. The van der Waals surface area contributed by atoms with Gasteiger partial charge in [0, 0.05) is 12.7 Å². The highest BCUT2D eigenvalue weighted by molar-refractivity contribution is 6.32. The van der Waals surface area contributed by atoms with E-state index < -0.39 is 11.7 Å². The fraction of sp³-hybridized carbons (Fsp3) is 0.308. The third kappa shape index (κ3) is 4.04. The average Bonchev–Trinajstić information content (AvgIpc) is 2.84. The van der Waals surface area contributed by atoms with Crippen LogP contribution in [0.3, 0.4) is 0 Å². The standard InChI is InChI=1S/C13H12ClF3N6/c14-9-4-7(13(15,16)17)6-21-12(9)20-3-1-2-10-8(5-18)11(19)23-22-10/h4,6H,1-3H2,(H,20,21)(H3,19,22,23). The Hall–Kier alpha value is -2.47. The van der Waals surface area contributed by atoms with Crippen LogP contribution in [0.25, 0.3) is 0 Å². The van der Waals surface area contributed by atoms with Crippen molar-refractivity contribution in [3.05, 3.63) is 34.1 Å². The number of aromatic nitrogens is 3. The molecule has 0 saturated heterocycles. The number of nitrogens with two attached hydrogens (primary N) is 1. The molecule has 0 aliphatic heterocycles. The lowest BCUT2D eigenvalue weighted by Gasteiger charge is -2.10. The fourth-order valence-corrected chi connectivity index (χ4v) is 2.13. The van der Waals surface area contributed by atoms with Crippen LogP contribution in [-0.4, -0.2) is 21.7 Å². The summed E-state index contributed by atoms with van der Waals surface area (Å²) in [5.74, 6) is 0.312. The third-order valence-electron chi connectivity index (χ3n) is 3.05. The number of nitrogens with one attached hydrogen (secondary N) is 2. The monoisotopic (exact) mass is 344 g/mol. The van der Waals surface area contributed by atoms with Crippen molar-refractivity contribution < 1.29 is 13.2 Å². The van der Waals surface area contributed by atoms with E-state index in [1.165, 1.54) is 0 Å². The number of H-pyrrole nitrogens is 1. The summed E-state index contributed by atoms with van der Waals surface area (Å²) in [5.41, 5.74) is 5.52. The molecule has 0 spiro atoms. The zero-order valence-corrected chi connectivity index (χ0v) is 12.5. The van der Waals surface area contributed by atoms with Crippen molar-refractivity contribution in [1.82, 2.24) is 15.2 Å². The van der Waals surface area contributed by atoms with Gasteiger partial charge < -0.3 is 11.1 Å². The molecule has 0 amide bonds. The Morgan fingerprint density at radius 2 is 2.17 bits per heavy atom. The lowest BCUT2D eigenvalue weighted by Crippen LogP contribution is -2.09. The molecule has 2 aromatic heterocycles. The molecule has 23 heavy (non-hydrogen) atoms. The van der Waals surface area contributed by atoms with E-state index in [1.54, 1.807) is 0 Å². The van der Waals surface area contributed by atoms with Gasteiger partial charge in [0.25, 0.3) is 0 Å². The van der Waals surface area contributed by atoms with Crippen LogP contribution in [-0.2, 0) is 12.6 Å². The Balaban J connectivity index is 1.91. The van der Waals surface area contributed by atoms with Gasteiger partial charge >= 0.3 is 6.18 Å². The quantitative estimate of drug-likeness (QED) is 0.723. The summed E-state index contributed by atoms with van der Waals surface area (Å²) in [4.78, 5) is 3.67. The predicted octanol–water partition coefficient (Wildman–Crippen LogP) is 2.98. The highest BCUT2D eigenvalue weighted by atomic mass is 35.5. The minimum Gasteiger partial charge on any atom is -0.381 e. The van der Waals surface area contributed by atoms with E-state index in [1.807, 2.05) is 6.07 Å². The van der Waals surface area contributed by atoms with Gasteiger partial charge in [0.1, 0.15) is 17.5 Å². The number of aromatic amines is 1. The summed E-state index contributed by atoms with van der Waals surface area (Å²) in [6.45, 7) is 0.405. The molecule has 122 valence electrons. The Morgan fingerprint density at radius 1 is 1.43 bits per heavy atom. The maximum Gasteiger partial charge on any atom is 0.417 e. The highest BCUT2D eigenvalue weighted by Gasteiger charge is 2.31. The fourth-order valence-electron chi connectivity index (χ4n) is 1.89. The molecule has 0 aliphatic carbocycles. The largest absolute Gasteiger partial charge is 0.417 e. The Kier molecular flexibility index (Phi) is 4.95. The normalized spacial score (nSPS) is 11.3. The number of pyridine rings is 1. The molecule has 6 nitrogen and oxygen atoms in total. The Labute approximate surface area is 134 Å². The molecular weight excluding hydrogens is 333 g/mol. The topological polar surface area (TPSA) is 103 Å². The van der Waals surface area contributed by atoms with Gasteiger partial charge in [-0.1, -0.05) is 11.6 Å². The molecule has 0 saturated carbocycles. The van der Waals surface area contributed by atoms with E-state index in [2.05, 4.69) is 20.5 Å². The zero-order chi connectivity index (χ0) is 17.0. The van der Waals surface area contributed by atoms with Crippen LogP contribution in [0.1, 0.15) is 23.2 Å². The van der Waals surface area contributed by atoms with Gasteiger partial charge in [0.2, 0.25) is 0 Å². The van der Waals surface area contributed by atoms with Crippen molar-refractivity contribution in [2.24, 2.45) is 0 Å². The number of nitrogens with zero attached hydrogens (tertiary/aromatic N) is 3. The summed E-state index contributed by atoms with van der Waals surface area (Å²) in [6.07, 6.45) is -2.69. The molecule has 0 atom stereocenters. The van der Waals surface area contributed by atoms with E-state index in [0.29, 0.717) is 30.6 Å². The summed E-state index contributed by atoms with van der Waals surface area (Å²) in [5, 5.41) is 18.1. The third-order valence-corrected chi connectivity index (χ3v) is 3.33. The molecule has 0 radical (unpaired) electrons. The molecule has 0 unspecified atom stereocenters. The van der Waals surface area contributed by atoms with Crippen molar-refractivity contribution >= 4 is 23.2 Å². The Bertz CT molecular complexity index is 734. The first-order chi connectivity index (χ1) is 10.8. The zero-order valence-electron chi connectivity index (χ0n) is 11.7. The molecule has 2 rings (SSSR count). The van der Waals surface area contributed by atoms with Crippen LogP contribution in [0.2, 0.25) is 5.02 Å². The van der Waals surface area contributed by atoms with Crippen LogP contribution in [0, 0.1) is 11.3 Å². The van der Waals surface area contributed by atoms with Crippen molar-refractivity contribution in [2.45, 2.75) is 19.0 Å². The molecular formula is C13H12ClF3N6. The smallest absolute Gasteiger partial charge is 0.381 e. The van der Waals surface area contributed by atoms with Gasteiger partial charge in [0.15, 0.2) is 5.82 Å². The second-order valence-electron chi connectivity index (χ2n) is 4.66. The van der Waals surface area contributed by atoms with Gasteiger partial charge in [-0.2, -0.15) is 23.5 Å². The molecule has 2 aromatic rings. The van der Waals surface area contributed by atoms with Crippen LogP contribution < -0.4 is 11.1 Å². The van der Waals surface area contributed by atoms with Crippen LogP contribution in [0.4, 0.5) is 24.8 Å². The maximum atomic E-state index is 12.5. The van der Waals surface area contributed by atoms with Gasteiger partial charge in [0.05, 0.1) is 16.3 Å². The molecule has 10 heteroatoms. The highest BCUT2D eigenvalue weighted by Crippen LogP contribution is 2.32. The van der Waals surface area contributed by atoms with Gasteiger partial charge in [-0.15, -0.1) is 0 Å². The lowest BCUT2D eigenvalue weighted by atomic mass is 10.1. The summed E-state index contributed by atoms with van der Waals surface area (Å²) in [7, 11) is 0. The van der Waals surface area contributed by atoms with Crippen LogP contribution in [0.15, 0.2) is 12.3 Å². The van der Waals surface area contributed by atoms with Crippen molar-refractivity contribution in [3.8, 4) is 6.07 Å². The summed E-state index contributed by atoms with van der Waals surface area (Å²) < 4.78 is 37.5. The molecule has 0 aromatic carbocycles. The van der Waals surface area contributed by atoms with E-state index in [0.717, 1.165) is 12.3 Å². The first-order valence-corrected chi connectivity index (χ1v) is 6.90. The Morgan fingerprint density at radius 3 is 2.78 bits per heavy atom. The second kappa shape index (κ2) is 6.75. The first kappa shape index (κ1) is 16.9.